The Balaban J connectivity index is 2.34. The van der Waals surface area contributed by atoms with Gasteiger partial charge in [-0.3, -0.25) is 0 Å². The van der Waals surface area contributed by atoms with E-state index in [0.29, 0.717) is 17.0 Å². The Labute approximate surface area is 114 Å². The van der Waals surface area contributed by atoms with Crippen LogP contribution in [-0.4, -0.2) is 13.1 Å². The summed E-state index contributed by atoms with van der Waals surface area (Å²) in [5, 5.41) is 3.98. The predicted octanol–water partition coefficient (Wildman–Crippen LogP) is 4.36. The molecule has 0 amide bonds. The highest BCUT2D eigenvalue weighted by atomic mass is 35.5. The highest BCUT2D eigenvalue weighted by molar-refractivity contribution is 6.31. The summed E-state index contributed by atoms with van der Waals surface area (Å²) in [6.45, 7) is 4.47. The minimum atomic E-state index is -0.258. The highest BCUT2D eigenvalue weighted by Gasteiger charge is 2.52. The Bertz CT molecular complexity index is 429. The topological polar surface area (TPSA) is 12.0 Å². The van der Waals surface area contributed by atoms with E-state index in [1.54, 1.807) is 0 Å². The van der Waals surface area contributed by atoms with Crippen molar-refractivity contribution in [3.63, 3.8) is 0 Å². The lowest BCUT2D eigenvalue weighted by Crippen LogP contribution is -2.57. The van der Waals surface area contributed by atoms with E-state index in [4.69, 9.17) is 11.6 Å². The van der Waals surface area contributed by atoms with E-state index in [1.165, 1.54) is 12.1 Å². The summed E-state index contributed by atoms with van der Waals surface area (Å²) in [6, 6.07) is 5.34. The number of nitrogens with one attached hydrogen (secondary N) is 1. The first-order valence-corrected chi connectivity index (χ1v) is 7.09. The first-order chi connectivity index (χ1) is 8.58. The fourth-order valence-corrected chi connectivity index (χ4v) is 3.95. The van der Waals surface area contributed by atoms with Gasteiger partial charge >= 0.3 is 0 Å². The van der Waals surface area contributed by atoms with Crippen LogP contribution in [0, 0.1) is 11.2 Å². The molecule has 1 saturated carbocycles. The van der Waals surface area contributed by atoms with E-state index in [2.05, 4.69) is 19.2 Å². The average molecular weight is 270 g/mol. The largest absolute Gasteiger partial charge is 0.316 e. The standard InChI is InChI=1S/C15H21ClFN/c1-4-15(5-2)12(9-14(15)18-3)11-7-6-10(17)8-13(11)16/h6-8,12,14,18H,4-5,9H2,1-3H3. The van der Waals surface area contributed by atoms with Gasteiger partial charge in [0, 0.05) is 11.1 Å². The molecule has 2 atom stereocenters. The van der Waals surface area contributed by atoms with E-state index in [0.717, 1.165) is 24.8 Å². The van der Waals surface area contributed by atoms with E-state index < -0.39 is 0 Å². The third-order valence-corrected chi connectivity index (χ3v) is 5.19. The number of benzene rings is 1. The van der Waals surface area contributed by atoms with Gasteiger partial charge in [-0.25, -0.2) is 4.39 Å². The van der Waals surface area contributed by atoms with Crippen LogP contribution in [-0.2, 0) is 0 Å². The number of hydrogen-bond acceptors (Lipinski definition) is 1. The van der Waals surface area contributed by atoms with Crippen molar-refractivity contribution in [1.82, 2.24) is 5.32 Å². The SMILES string of the molecule is CCC1(CC)C(NC)CC1c1ccc(F)cc1Cl. The number of rotatable bonds is 4. The molecule has 0 aliphatic heterocycles. The van der Waals surface area contributed by atoms with E-state index in [1.807, 2.05) is 13.1 Å². The normalized spacial score (nSPS) is 25.8. The van der Waals surface area contributed by atoms with Gasteiger partial charge in [-0.1, -0.05) is 31.5 Å². The van der Waals surface area contributed by atoms with E-state index in [-0.39, 0.29) is 11.2 Å². The van der Waals surface area contributed by atoms with Crippen LogP contribution in [0.2, 0.25) is 5.02 Å². The molecular weight excluding hydrogens is 249 g/mol. The van der Waals surface area contributed by atoms with Gasteiger partial charge in [0.2, 0.25) is 0 Å². The van der Waals surface area contributed by atoms with Crippen molar-refractivity contribution in [3.8, 4) is 0 Å². The molecule has 1 aliphatic carbocycles. The number of hydrogen-bond donors (Lipinski definition) is 1. The molecule has 3 heteroatoms. The minimum Gasteiger partial charge on any atom is -0.316 e. The molecule has 0 spiro atoms. The molecule has 100 valence electrons. The average Bonchev–Trinajstić information content (AvgIpc) is 2.33. The lowest BCUT2D eigenvalue weighted by Gasteiger charge is -2.56. The zero-order valence-corrected chi connectivity index (χ0v) is 12.0. The third kappa shape index (κ3) is 1.96. The molecule has 0 radical (unpaired) electrons. The summed E-state index contributed by atoms with van der Waals surface area (Å²) >= 11 is 6.21. The fraction of sp³-hybridized carbons (Fsp3) is 0.600. The van der Waals surface area contributed by atoms with Gasteiger partial charge in [0.15, 0.2) is 0 Å². The van der Waals surface area contributed by atoms with Gasteiger partial charge in [-0.2, -0.15) is 0 Å². The summed E-state index contributed by atoms with van der Waals surface area (Å²) in [5.74, 6) is 0.185. The molecule has 0 saturated heterocycles. The molecule has 0 aromatic heterocycles. The molecule has 2 unspecified atom stereocenters. The summed E-state index contributed by atoms with van der Waals surface area (Å²) in [6.07, 6.45) is 3.32. The lowest BCUT2D eigenvalue weighted by molar-refractivity contribution is 0.0246. The highest BCUT2D eigenvalue weighted by Crippen LogP contribution is 2.58. The molecule has 1 N–H and O–H groups in total. The van der Waals surface area contributed by atoms with Gasteiger partial charge in [0.1, 0.15) is 5.82 Å². The smallest absolute Gasteiger partial charge is 0.124 e. The van der Waals surface area contributed by atoms with Gasteiger partial charge in [-0.05, 0) is 55.3 Å². The van der Waals surface area contributed by atoms with Crippen molar-refractivity contribution in [2.24, 2.45) is 5.41 Å². The Morgan fingerprint density at radius 3 is 2.56 bits per heavy atom. The summed E-state index contributed by atoms with van der Waals surface area (Å²) in [7, 11) is 2.02. The van der Waals surface area contributed by atoms with Crippen LogP contribution in [0.4, 0.5) is 4.39 Å². The van der Waals surface area contributed by atoms with Crippen molar-refractivity contribution in [2.45, 2.75) is 45.1 Å². The molecule has 0 heterocycles. The molecule has 0 bridgehead atoms. The predicted molar refractivity (Wildman–Crippen MR) is 74.6 cm³/mol. The molecule has 1 fully saturated rings. The molecule has 18 heavy (non-hydrogen) atoms. The zero-order valence-electron chi connectivity index (χ0n) is 11.3. The maximum absolute atomic E-state index is 13.1. The van der Waals surface area contributed by atoms with Crippen LogP contribution >= 0.6 is 11.6 Å². The maximum atomic E-state index is 13.1. The molecule has 1 aliphatic rings. The Morgan fingerprint density at radius 2 is 2.06 bits per heavy atom. The minimum absolute atomic E-state index is 0.258. The quantitative estimate of drug-likeness (QED) is 0.856. The van der Waals surface area contributed by atoms with Crippen molar-refractivity contribution in [3.05, 3.63) is 34.6 Å². The molecule has 1 aromatic rings. The van der Waals surface area contributed by atoms with Gasteiger partial charge in [-0.15, -0.1) is 0 Å². The summed E-state index contributed by atoms with van der Waals surface area (Å²) in [5.41, 5.74) is 1.37. The first kappa shape index (κ1) is 13.8. The second-order valence-corrected chi connectivity index (χ2v) is 5.64. The second-order valence-electron chi connectivity index (χ2n) is 5.24. The molecular formula is C15H21ClFN. The van der Waals surface area contributed by atoms with Crippen LogP contribution in [0.15, 0.2) is 18.2 Å². The fourth-order valence-electron chi connectivity index (χ4n) is 3.65. The van der Waals surface area contributed by atoms with Crippen molar-refractivity contribution in [1.29, 1.82) is 0 Å². The van der Waals surface area contributed by atoms with Gasteiger partial charge in [0.05, 0.1) is 0 Å². The summed E-state index contributed by atoms with van der Waals surface area (Å²) in [4.78, 5) is 0. The number of halogens is 2. The van der Waals surface area contributed by atoms with E-state index >= 15 is 0 Å². The van der Waals surface area contributed by atoms with Gasteiger partial charge in [0.25, 0.3) is 0 Å². The third-order valence-electron chi connectivity index (χ3n) is 4.86. The maximum Gasteiger partial charge on any atom is 0.124 e. The zero-order chi connectivity index (χ0) is 13.3. The molecule has 2 rings (SSSR count). The summed E-state index contributed by atoms with van der Waals surface area (Å²) < 4.78 is 13.1. The first-order valence-electron chi connectivity index (χ1n) is 6.71. The Morgan fingerprint density at radius 1 is 1.39 bits per heavy atom. The van der Waals surface area contributed by atoms with Crippen molar-refractivity contribution < 1.29 is 4.39 Å². The second kappa shape index (κ2) is 5.18. The molecule has 1 nitrogen and oxygen atoms in total. The molecule has 1 aromatic carbocycles. The van der Waals surface area contributed by atoms with Crippen LogP contribution in [0.25, 0.3) is 0 Å². The van der Waals surface area contributed by atoms with Crippen LogP contribution in [0.5, 0.6) is 0 Å². The monoisotopic (exact) mass is 269 g/mol. The van der Waals surface area contributed by atoms with Crippen LogP contribution in [0.1, 0.15) is 44.6 Å². The van der Waals surface area contributed by atoms with Crippen molar-refractivity contribution in [2.75, 3.05) is 7.05 Å². The van der Waals surface area contributed by atoms with Crippen LogP contribution < -0.4 is 5.32 Å². The van der Waals surface area contributed by atoms with E-state index in [9.17, 15) is 4.39 Å². The van der Waals surface area contributed by atoms with Gasteiger partial charge < -0.3 is 5.32 Å². The van der Waals surface area contributed by atoms with Crippen LogP contribution in [0.3, 0.4) is 0 Å². The Hall–Kier alpha value is -0.600. The lowest BCUT2D eigenvalue weighted by atomic mass is 9.52. The Kier molecular flexibility index (Phi) is 3.98. The van der Waals surface area contributed by atoms with Crippen molar-refractivity contribution >= 4 is 11.6 Å².